The predicted octanol–water partition coefficient (Wildman–Crippen LogP) is 5.04. The summed E-state index contributed by atoms with van der Waals surface area (Å²) in [6.07, 6.45) is 0. The minimum absolute atomic E-state index is 0.0673. The van der Waals surface area contributed by atoms with Crippen LogP contribution in [0, 0.1) is 0 Å². The van der Waals surface area contributed by atoms with Crippen LogP contribution < -0.4 is 19.9 Å². The molecular formula is C34H33N3O6. The van der Waals surface area contributed by atoms with Crippen LogP contribution in [0.1, 0.15) is 27.0 Å². The molecule has 9 nitrogen and oxygen atoms in total. The third-order valence-corrected chi connectivity index (χ3v) is 7.30. The van der Waals surface area contributed by atoms with Gasteiger partial charge >= 0.3 is 0 Å². The molecule has 0 aliphatic heterocycles. The Labute approximate surface area is 249 Å². The number of ether oxygens (including phenoxy) is 3. The monoisotopic (exact) mass is 579 g/mol. The highest BCUT2D eigenvalue weighted by molar-refractivity contribution is 5.92. The van der Waals surface area contributed by atoms with E-state index in [4.69, 9.17) is 24.9 Å². The number of amides is 1. The predicted molar refractivity (Wildman–Crippen MR) is 164 cm³/mol. The van der Waals surface area contributed by atoms with Gasteiger partial charge in [0.2, 0.25) is 5.91 Å². The van der Waals surface area contributed by atoms with Crippen molar-refractivity contribution < 1.29 is 29.2 Å². The van der Waals surface area contributed by atoms with Crippen LogP contribution in [0.4, 0.5) is 0 Å². The van der Waals surface area contributed by atoms with E-state index in [9.17, 15) is 15.0 Å². The third-order valence-electron chi connectivity index (χ3n) is 7.30. The van der Waals surface area contributed by atoms with Crippen molar-refractivity contribution in [2.24, 2.45) is 5.73 Å². The summed E-state index contributed by atoms with van der Waals surface area (Å²) in [5.74, 6) is 1.76. The van der Waals surface area contributed by atoms with Crippen molar-refractivity contribution in [1.82, 2.24) is 9.55 Å². The maximum absolute atomic E-state index is 11.7. The second-order valence-electron chi connectivity index (χ2n) is 9.89. The first-order valence-corrected chi connectivity index (χ1v) is 13.6. The van der Waals surface area contributed by atoms with Gasteiger partial charge in [-0.3, -0.25) is 4.79 Å². The van der Waals surface area contributed by atoms with Crippen molar-refractivity contribution in [3.63, 3.8) is 0 Å². The van der Waals surface area contributed by atoms with E-state index in [1.54, 1.807) is 26.4 Å². The Kier molecular flexibility index (Phi) is 8.75. The number of hydrogen-bond donors (Lipinski definition) is 3. The number of primary amides is 1. The molecule has 0 aliphatic rings. The molecule has 0 saturated carbocycles. The highest BCUT2D eigenvalue weighted by Gasteiger charge is 2.24. The van der Waals surface area contributed by atoms with Gasteiger partial charge in [0.25, 0.3) is 0 Å². The van der Waals surface area contributed by atoms with E-state index in [1.807, 2.05) is 72.8 Å². The van der Waals surface area contributed by atoms with Crippen LogP contribution in [0.2, 0.25) is 0 Å². The molecule has 0 aliphatic carbocycles. The molecule has 0 atom stereocenters. The van der Waals surface area contributed by atoms with Gasteiger partial charge in [0.1, 0.15) is 11.6 Å². The average molecular weight is 580 g/mol. The topological polar surface area (TPSA) is 129 Å². The number of hydrogen-bond acceptors (Lipinski definition) is 7. The fourth-order valence-electron chi connectivity index (χ4n) is 5.08. The first-order chi connectivity index (χ1) is 20.9. The number of methoxy groups -OCH3 is 3. The molecule has 43 heavy (non-hydrogen) atoms. The van der Waals surface area contributed by atoms with Gasteiger partial charge in [-0.15, -0.1) is 0 Å². The van der Waals surface area contributed by atoms with Crippen LogP contribution in [0.3, 0.4) is 0 Å². The third kappa shape index (κ3) is 5.94. The summed E-state index contributed by atoms with van der Waals surface area (Å²) in [7, 11) is 4.70. The summed E-state index contributed by atoms with van der Waals surface area (Å²) in [4.78, 5) is 16.9. The lowest BCUT2D eigenvalue weighted by Crippen LogP contribution is -2.11. The van der Waals surface area contributed by atoms with E-state index in [1.165, 1.54) is 7.11 Å². The van der Waals surface area contributed by atoms with Gasteiger partial charge in [0.15, 0.2) is 11.5 Å². The van der Waals surface area contributed by atoms with E-state index in [2.05, 4.69) is 4.57 Å². The maximum Gasteiger partial charge on any atom is 0.248 e. The standard InChI is InChI=1S/C34H33N3O6/c1-41-28-14-12-24(13-15-28)31-30(23-8-6-22(19-38)7-9-23)36-34(26-16-27(20-39)32(43-3)29(17-26)42-2)37(31)18-21-4-10-25(11-5-21)33(35)40/h4-17,38-39H,18-20H2,1-3H3,(H2,35,40). The van der Waals surface area contributed by atoms with Gasteiger partial charge in [-0.2, -0.15) is 0 Å². The van der Waals surface area contributed by atoms with Crippen molar-refractivity contribution in [3.8, 4) is 51.2 Å². The molecule has 9 heteroatoms. The Bertz CT molecular complexity index is 1700. The molecular weight excluding hydrogens is 546 g/mol. The Morgan fingerprint density at radius 1 is 0.767 bits per heavy atom. The van der Waals surface area contributed by atoms with Gasteiger partial charge < -0.3 is 34.7 Å². The number of imidazole rings is 1. The van der Waals surface area contributed by atoms with Crippen molar-refractivity contribution in [1.29, 1.82) is 0 Å². The fraction of sp³-hybridized carbons (Fsp3) is 0.176. The molecule has 0 spiro atoms. The molecule has 220 valence electrons. The van der Waals surface area contributed by atoms with Crippen molar-refractivity contribution >= 4 is 5.91 Å². The molecule has 5 aromatic rings. The van der Waals surface area contributed by atoms with Crippen LogP contribution in [0.25, 0.3) is 33.9 Å². The van der Waals surface area contributed by atoms with Crippen LogP contribution >= 0.6 is 0 Å². The second kappa shape index (κ2) is 12.8. The molecule has 0 radical (unpaired) electrons. The summed E-state index contributed by atoms with van der Waals surface area (Å²) in [6.45, 7) is 0.0753. The highest BCUT2D eigenvalue weighted by Crippen LogP contribution is 2.41. The summed E-state index contributed by atoms with van der Waals surface area (Å²) < 4.78 is 18.7. The second-order valence-corrected chi connectivity index (χ2v) is 9.89. The van der Waals surface area contributed by atoms with Crippen LogP contribution in [0.15, 0.2) is 84.9 Å². The quantitative estimate of drug-likeness (QED) is 0.200. The van der Waals surface area contributed by atoms with Crippen molar-refractivity contribution in [2.45, 2.75) is 19.8 Å². The number of rotatable bonds is 11. The van der Waals surface area contributed by atoms with Crippen LogP contribution in [-0.2, 0) is 19.8 Å². The average Bonchev–Trinajstić information content (AvgIpc) is 3.43. The molecule has 4 aromatic carbocycles. The first kappa shape index (κ1) is 29.4. The molecule has 0 unspecified atom stereocenters. The molecule has 1 heterocycles. The zero-order valence-corrected chi connectivity index (χ0v) is 24.2. The SMILES string of the molecule is COc1ccc(-c2c(-c3ccc(CO)cc3)nc(-c3cc(CO)c(OC)c(OC)c3)n2Cc2ccc(C(N)=O)cc2)cc1. The summed E-state index contributed by atoms with van der Waals surface area (Å²) >= 11 is 0. The van der Waals surface area contributed by atoms with E-state index >= 15 is 0 Å². The number of aliphatic hydroxyl groups excluding tert-OH is 2. The molecule has 1 aromatic heterocycles. The minimum atomic E-state index is -0.496. The maximum atomic E-state index is 11.7. The van der Waals surface area contributed by atoms with E-state index in [0.717, 1.165) is 39.4 Å². The first-order valence-electron chi connectivity index (χ1n) is 13.6. The van der Waals surface area contributed by atoms with Gasteiger partial charge in [-0.1, -0.05) is 36.4 Å². The molecule has 0 fully saturated rings. The van der Waals surface area contributed by atoms with E-state index in [-0.39, 0.29) is 13.2 Å². The fourth-order valence-corrected chi connectivity index (χ4v) is 5.08. The van der Waals surface area contributed by atoms with Crippen LogP contribution in [-0.4, -0.2) is 47.0 Å². The highest BCUT2D eigenvalue weighted by atomic mass is 16.5. The summed E-state index contributed by atoms with van der Waals surface area (Å²) in [5, 5.41) is 19.8. The van der Waals surface area contributed by atoms with Gasteiger partial charge in [0.05, 0.1) is 45.9 Å². The molecule has 0 saturated heterocycles. The smallest absolute Gasteiger partial charge is 0.248 e. The number of aromatic nitrogens is 2. The Morgan fingerprint density at radius 3 is 1.98 bits per heavy atom. The Balaban J connectivity index is 1.81. The van der Waals surface area contributed by atoms with E-state index < -0.39 is 5.91 Å². The number of nitrogens with two attached hydrogens (primary N) is 1. The zero-order valence-electron chi connectivity index (χ0n) is 24.2. The van der Waals surface area contributed by atoms with Crippen LogP contribution in [0.5, 0.6) is 17.2 Å². The Morgan fingerprint density at radius 2 is 1.42 bits per heavy atom. The molecule has 5 rings (SSSR count). The molecule has 0 bridgehead atoms. The number of aliphatic hydroxyl groups is 2. The summed E-state index contributed by atoms with van der Waals surface area (Å²) in [5.41, 5.74) is 12.2. The molecule has 4 N–H and O–H groups in total. The zero-order chi connectivity index (χ0) is 30.5. The van der Waals surface area contributed by atoms with Gasteiger partial charge in [0, 0.05) is 34.4 Å². The van der Waals surface area contributed by atoms with Gasteiger partial charge in [-0.05, 0) is 59.7 Å². The van der Waals surface area contributed by atoms with E-state index in [0.29, 0.717) is 40.6 Å². The number of benzene rings is 4. The van der Waals surface area contributed by atoms with Crippen molar-refractivity contribution in [3.05, 3.63) is 107 Å². The lowest BCUT2D eigenvalue weighted by molar-refractivity contribution is 0.1000. The number of nitrogens with zero attached hydrogens (tertiary/aromatic N) is 2. The number of carbonyl (C=O) groups excluding carboxylic acids is 1. The summed E-state index contributed by atoms with van der Waals surface area (Å²) in [6, 6.07) is 26.2. The lowest BCUT2D eigenvalue weighted by atomic mass is 10.0. The lowest BCUT2D eigenvalue weighted by Gasteiger charge is -2.17. The molecule has 1 amide bonds. The largest absolute Gasteiger partial charge is 0.497 e. The normalized spacial score (nSPS) is 10.9. The van der Waals surface area contributed by atoms with Gasteiger partial charge in [-0.25, -0.2) is 4.98 Å². The number of carbonyl (C=O) groups is 1. The Hall–Kier alpha value is -5.12. The van der Waals surface area contributed by atoms with Crippen molar-refractivity contribution in [2.75, 3.05) is 21.3 Å². The minimum Gasteiger partial charge on any atom is -0.497 e.